The van der Waals surface area contributed by atoms with Crippen LogP contribution in [-0.2, 0) is 0 Å². The van der Waals surface area contributed by atoms with E-state index in [1.807, 2.05) is 0 Å². The first-order valence-corrected chi connectivity index (χ1v) is 12.2. The maximum Gasteiger partial charge on any atom is 0.0521 e. The van der Waals surface area contributed by atoms with Crippen LogP contribution in [-0.4, -0.2) is 12.3 Å². The Kier molecular flexibility index (Phi) is 19.2. The van der Waals surface area contributed by atoms with Crippen molar-refractivity contribution in [2.24, 2.45) is 16.8 Å². The highest BCUT2D eigenvalue weighted by Gasteiger charge is 2.17. The fraction of sp³-hybridized carbons (Fsp3) is 0.960. The van der Waals surface area contributed by atoms with Gasteiger partial charge in [-0.05, 0) is 31.1 Å². The van der Waals surface area contributed by atoms with E-state index in [0.29, 0.717) is 12.0 Å². The summed E-state index contributed by atoms with van der Waals surface area (Å²) in [5.74, 6) is 1.39. The molecule has 0 rings (SSSR count). The Morgan fingerprint density at radius 1 is 0.615 bits per heavy atom. The predicted octanol–water partition coefficient (Wildman–Crippen LogP) is 9.00. The molecule has 0 spiro atoms. The molecule has 0 aliphatic carbocycles. The summed E-state index contributed by atoms with van der Waals surface area (Å²) in [7, 11) is 0. The first kappa shape index (κ1) is 25.7. The van der Waals surface area contributed by atoms with Crippen LogP contribution in [0.1, 0.15) is 137 Å². The fourth-order valence-electron chi connectivity index (χ4n) is 3.99. The van der Waals surface area contributed by atoms with Crippen LogP contribution in [0.3, 0.4) is 0 Å². The Balaban J connectivity index is 3.73. The van der Waals surface area contributed by atoms with Crippen LogP contribution >= 0.6 is 0 Å². The smallest absolute Gasteiger partial charge is 0.0521 e. The standard InChI is InChI=1S/C25H51N/c1-6-9-10-11-12-13-14-15-16-17-18-19-21-24(20-7-2)25(8-3)26-22-23(4)5/h22-25H,6-21H2,1-5H3/t24-,25?/m1/s1. The minimum Gasteiger partial charge on any atom is -0.294 e. The number of nitrogens with zero attached hydrogens (tertiary/aromatic N) is 1. The number of hydrogen-bond acceptors (Lipinski definition) is 1. The average molecular weight is 366 g/mol. The molecule has 0 aliphatic heterocycles. The molecule has 0 saturated heterocycles. The number of unbranched alkanes of at least 4 members (excludes halogenated alkanes) is 11. The van der Waals surface area contributed by atoms with E-state index >= 15 is 0 Å². The Morgan fingerprint density at radius 2 is 1.12 bits per heavy atom. The van der Waals surface area contributed by atoms with E-state index in [-0.39, 0.29) is 0 Å². The molecular weight excluding hydrogens is 314 g/mol. The van der Waals surface area contributed by atoms with Crippen LogP contribution in [0.4, 0.5) is 0 Å². The maximum atomic E-state index is 4.91. The van der Waals surface area contributed by atoms with Gasteiger partial charge in [0.25, 0.3) is 0 Å². The molecule has 0 fully saturated rings. The van der Waals surface area contributed by atoms with Gasteiger partial charge in [-0.3, -0.25) is 4.99 Å². The third-order valence-corrected chi connectivity index (χ3v) is 5.63. The molecule has 1 unspecified atom stereocenters. The van der Waals surface area contributed by atoms with Crippen molar-refractivity contribution in [3.63, 3.8) is 0 Å². The van der Waals surface area contributed by atoms with Crippen molar-refractivity contribution in [2.45, 2.75) is 143 Å². The van der Waals surface area contributed by atoms with Crippen molar-refractivity contribution < 1.29 is 0 Å². The Hall–Kier alpha value is -0.330. The van der Waals surface area contributed by atoms with Gasteiger partial charge < -0.3 is 0 Å². The molecule has 2 atom stereocenters. The zero-order chi connectivity index (χ0) is 19.5. The van der Waals surface area contributed by atoms with Gasteiger partial charge in [-0.2, -0.15) is 0 Å². The van der Waals surface area contributed by atoms with Crippen LogP contribution < -0.4 is 0 Å². The van der Waals surface area contributed by atoms with E-state index < -0.39 is 0 Å². The molecule has 156 valence electrons. The zero-order valence-corrected chi connectivity index (χ0v) is 19.1. The summed E-state index contributed by atoms with van der Waals surface area (Å²) in [5, 5.41) is 0. The summed E-state index contributed by atoms with van der Waals surface area (Å²) in [6, 6.07) is 0.560. The summed E-state index contributed by atoms with van der Waals surface area (Å²) in [6.07, 6.45) is 24.7. The summed E-state index contributed by atoms with van der Waals surface area (Å²) in [5.41, 5.74) is 0. The van der Waals surface area contributed by atoms with E-state index in [2.05, 4.69) is 40.8 Å². The zero-order valence-electron chi connectivity index (χ0n) is 19.1. The van der Waals surface area contributed by atoms with Crippen LogP contribution in [0, 0.1) is 11.8 Å². The van der Waals surface area contributed by atoms with Crippen LogP contribution in [0.2, 0.25) is 0 Å². The van der Waals surface area contributed by atoms with Crippen molar-refractivity contribution in [3.8, 4) is 0 Å². The largest absolute Gasteiger partial charge is 0.294 e. The second kappa shape index (κ2) is 19.4. The molecule has 0 N–H and O–H groups in total. The summed E-state index contributed by atoms with van der Waals surface area (Å²) in [6.45, 7) is 11.4. The molecule has 0 heterocycles. The summed E-state index contributed by atoms with van der Waals surface area (Å²) < 4.78 is 0. The topological polar surface area (TPSA) is 12.4 Å². The highest BCUT2D eigenvalue weighted by molar-refractivity contribution is 5.59. The molecule has 0 bridgehead atoms. The summed E-state index contributed by atoms with van der Waals surface area (Å²) >= 11 is 0. The molecule has 26 heavy (non-hydrogen) atoms. The molecule has 0 saturated carbocycles. The molecule has 0 amide bonds. The molecule has 0 aromatic heterocycles. The van der Waals surface area contributed by atoms with Gasteiger partial charge in [0.1, 0.15) is 0 Å². The lowest BCUT2D eigenvalue weighted by molar-refractivity contribution is 0.345. The second-order valence-corrected chi connectivity index (χ2v) is 8.74. The number of hydrogen-bond donors (Lipinski definition) is 0. The van der Waals surface area contributed by atoms with Gasteiger partial charge in [-0.15, -0.1) is 0 Å². The minimum absolute atomic E-state index is 0.560. The lowest BCUT2D eigenvalue weighted by Crippen LogP contribution is -2.19. The van der Waals surface area contributed by atoms with Gasteiger partial charge >= 0.3 is 0 Å². The second-order valence-electron chi connectivity index (χ2n) is 8.74. The minimum atomic E-state index is 0.560. The highest BCUT2D eigenvalue weighted by Crippen LogP contribution is 2.24. The van der Waals surface area contributed by atoms with E-state index in [9.17, 15) is 0 Å². The summed E-state index contributed by atoms with van der Waals surface area (Å²) in [4.78, 5) is 4.91. The normalized spacial score (nSPS) is 14.4. The SMILES string of the molecule is CCCCCCCCCCCCCC[C@@H](CCC)C(CC)N=CC(C)C. The van der Waals surface area contributed by atoms with Crippen LogP contribution in [0.5, 0.6) is 0 Å². The van der Waals surface area contributed by atoms with Crippen molar-refractivity contribution in [3.05, 3.63) is 0 Å². The lowest BCUT2D eigenvalue weighted by atomic mass is 9.88. The van der Waals surface area contributed by atoms with E-state index in [1.165, 1.54) is 103 Å². The van der Waals surface area contributed by atoms with E-state index in [1.54, 1.807) is 0 Å². The van der Waals surface area contributed by atoms with Crippen molar-refractivity contribution >= 4 is 6.21 Å². The third-order valence-electron chi connectivity index (χ3n) is 5.63. The number of rotatable bonds is 19. The van der Waals surface area contributed by atoms with Gasteiger partial charge in [0.2, 0.25) is 0 Å². The first-order chi connectivity index (χ1) is 12.7. The Labute approximate surface area is 166 Å². The van der Waals surface area contributed by atoms with Gasteiger partial charge in [0, 0.05) is 6.21 Å². The van der Waals surface area contributed by atoms with Crippen molar-refractivity contribution in [1.29, 1.82) is 0 Å². The molecule has 0 aromatic carbocycles. The van der Waals surface area contributed by atoms with Crippen molar-refractivity contribution in [2.75, 3.05) is 0 Å². The van der Waals surface area contributed by atoms with Crippen molar-refractivity contribution in [1.82, 2.24) is 0 Å². The maximum absolute atomic E-state index is 4.91. The number of aliphatic imine (C=N–C) groups is 1. The lowest BCUT2D eigenvalue weighted by Gasteiger charge is -2.23. The molecule has 0 radical (unpaired) electrons. The fourth-order valence-corrected chi connectivity index (χ4v) is 3.99. The van der Waals surface area contributed by atoms with Crippen LogP contribution in [0.15, 0.2) is 4.99 Å². The highest BCUT2D eigenvalue weighted by atomic mass is 14.8. The third kappa shape index (κ3) is 15.9. The van der Waals surface area contributed by atoms with E-state index in [0.717, 1.165) is 5.92 Å². The molecule has 0 aromatic rings. The average Bonchev–Trinajstić information content (AvgIpc) is 2.62. The Bertz CT molecular complexity index is 295. The quantitative estimate of drug-likeness (QED) is 0.160. The first-order valence-electron chi connectivity index (χ1n) is 12.2. The molecular formula is C25H51N. The Morgan fingerprint density at radius 3 is 1.54 bits per heavy atom. The van der Waals surface area contributed by atoms with Gasteiger partial charge in [-0.1, -0.05) is 118 Å². The van der Waals surface area contributed by atoms with Crippen LogP contribution in [0.25, 0.3) is 0 Å². The van der Waals surface area contributed by atoms with Gasteiger partial charge in [0.05, 0.1) is 6.04 Å². The molecule has 1 heteroatoms. The monoisotopic (exact) mass is 365 g/mol. The van der Waals surface area contributed by atoms with Gasteiger partial charge in [-0.25, -0.2) is 0 Å². The van der Waals surface area contributed by atoms with Gasteiger partial charge in [0.15, 0.2) is 0 Å². The van der Waals surface area contributed by atoms with E-state index in [4.69, 9.17) is 4.99 Å². The predicted molar refractivity (Wildman–Crippen MR) is 122 cm³/mol. The molecule has 0 aliphatic rings. The molecule has 1 nitrogen and oxygen atoms in total.